The molecule has 0 spiro atoms. The third-order valence-electron chi connectivity index (χ3n) is 4.94. The quantitative estimate of drug-likeness (QED) is 0.478. The number of pyridine rings is 1. The number of carbonyl (C=O) groups excluding carboxylic acids is 1. The highest BCUT2D eigenvalue weighted by molar-refractivity contribution is 6.00. The first-order valence-corrected chi connectivity index (χ1v) is 9.62. The Labute approximate surface area is 174 Å². The third-order valence-corrected chi connectivity index (χ3v) is 4.94. The van der Waals surface area contributed by atoms with E-state index in [0.717, 1.165) is 27.7 Å². The zero-order chi connectivity index (χ0) is 21.1. The number of fused-ring (bicyclic) bond motifs is 1. The van der Waals surface area contributed by atoms with E-state index in [1.165, 1.54) is 7.11 Å². The fourth-order valence-corrected chi connectivity index (χ4v) is 3.52. The van der Waals surface area contributed by atoms with E-state index in [4.69, 9.17) is 9.47 Å². The van der Waals surface area contributed by atoms with Crippen molar-refractivity contribution in [2.75, 3.05) is 13.7 Å². The normalized spacial score (nSPS) is 10.9. The van der Waals surface area contributed by atoms with Gasteiger partial charge in [0.05, 0.1) is 24.9 Å². The zero-order valence-electron chi connectivity index (χ0n) is 16.8. The first kappa shape index (κ1) is 19.5. The van der Waals surface area contributed by atoms with Gasteiger partial charge in [-0.3, -0.25) is 4.98 Å². The largest absolute Gasteiger partial charge is 0.508 e. The van der Waals surface area contributed by atoms with Crippen molar-refractivity contribution < 1.29 is 19.4 Å². The minimum absolute atomic E-state index is 0.183. The van der Waals surface area contributed by atoms with Crippen LogP contribution in [0.25, 0.3) is 22.2 Å². The second-order valence-corrected chi connectivity index (χ2v) is 6.98. The second kappa shape index (κ2) is 8.29. The number of carbonyl (C=O) groups is 1. The predicted octanol–water partition coefficient (Wildman–Crippen LogP) is 4.58. The summed E-state index contributed by atoms with van der Waals surface area (Å²) in [7, 11) is 1.37. The summed E-state index contributed by atoms with van der Waals surface area (Å²) in [5.41, 5.74) is 4.29. The summed E-state index contributed by atoms with van der Waals surface area (Å²) in [5.74, 6) is 0.417. The Hall–Kier alpha value is -3.80. The lowest BCUT2D eigenvalue weighted by Gasteiger charge is -2.11. The minimum atomic E-state index is -0.411. The van der Waals surface area contributed by atoms with Gasteiger partial charge in [-0.2, -0.15) is 0 Å². The van der Waals surface area contributed by atoms with Crippen LogP contribution in [0, 0.1) is 6.92 Å². The second-order valence-electron chi connectivity index (χ2n) is 6.98. The molecule has 0 saturated carbocycles. The van der Waals surface area contributed by atoms with Crippen molar-refractivity contribution in [1.82, 2.24) is 9.55 Å². The fourth-order valence-electron chi connectivity index (χ4n) is 3.52. The highest BCUT2D eigenvalue weighted by Crippen LogP contribution is 2.30. The smallest absolute Gasteiger partial charge is 0.354 e. The lowest BCUT2D eigenvalue weighted by atomic mass is 10.1. The molecule has 0 aliphatic carbocycles. The molecule has 6 nitrogen and oxygen atoms in total. The van der Waals surface area contributed by atoms with E-state index in [2.05, 4.69) is 11.1 Å². The summed E-state index contributed by atoms with van der Waals surface area (Å²) in [6.07, 6.45) is 1.75. The van der Waals surface area contributed by atoms with Crippen molar-refractivity contribution in [1.29, 1.82) is 0 Å². The van der Waals surface area contributed by atoms with E-state index >= 15 is 0 Å². The average Bonchev–Trinajstić information content (AvgIpc) is 3.13. The van der Waals surface area contributed by atoms with Crippen LogP contribution in [0.2, 0.25) is 0 Å². The molecule has 6 heteroatoms. The highest BCUT2D eigenvalue weighted by Gasteiger charge is 2.19. The van der Waals surface area contributed by atoms with Crippen LogP contribution in [0.15, 0.2) is 66.9 Å². The molecule has 0 aliphatic rings. The van der Waals surface area contributed by atoms with Gasteiger partial charge in [-0.25, -0.2) is 4.79 Å². The SMILES string of the molecule is COC(=O)c1cc2c(-c3cccc(C)c3)nccc2n1CCOc1ccc(O)cc1. The topological polar surface area (TPSA) is 73.6 Å². The molecule has 0 amide bonds. The Morgan fingerprint density at radius 2 is 1.90 bits per heavy atom. The number of aromatic nitrogens is 2. The van der Waals surface area contributed by atoms with Crippen molar-refractivity contribution in [3.63, 3.8) is 0 Å². The Morgan fingerprint density at radius 1 is 1.10 bits per heavy atom. The molecule has 1 N–H and O–H groups in total. The molecule has 0 bridgehead atoms. The molecule has 2 heterocycles. The molecule has 4 aromatic rings. The molecule has 0 saturated heterocycles. The number of hydrogen-bond acceptors (Lipinski definition) is 5. The molecule has 2 aromatic carbocycles. The molecule has 0 aliphatic heterocycles. The van der Waals surface area contributed by atoms with Crippen LogP contribution in [0.1, 0.15) is 16.1 Å². The molecule has 0 unspecified atom stereocenters. The van der Waals surface area contributed by atoms with Crippen LogP contribution in [-0.2, 0) is 11.3 Å². The average molecular weight is 402 g/mol. The summed E-state index contributed by atoms with van der Waals surface area (Å²) in [5, 5.41) is 10.3. The first-order chi connectivity index (χ1) is 14.6. The molecule has 152 valence electrons. The number of rotatable bonds is 6. The van der Waals surface area contributed by atoms with Gasteiger partial charge in [0.1, 0.15) is 23.8 Å². The van der Waals surface area contributed by atoms with Crippen molar-refractivity contribution in [3.05, 3.63) is 78.1 Å². The molecule has 0 atom stereocenters. The van der Waals surface area contributed by atoms with Crippen molar-refractivity contribution in [2.45, 2.75) is 13.5 Å². The van der Waals surface area contributed by atoms with Gasteiger partial charge in [0.25, 0.3) is 0 Å². The van der Waals surface area contributed by atoms with Crippen LogP contribution in [0.5, 0.6) is 11.5 Å². The van der Waals surface area contributed by atoms with Crippen LogP contribution >= 0.6 is 0 Å². The maximum absolute atomic E-state index is 12.4. The third kappa shape index (κ3) is 3.85. The minimum Gasteiger partial charge on any atom is -0.508 e. The number of benzene rings is 2. The Bertz CT molecular complexity index is 1200. The fraction of sp³-hybridized carbons (Fsp3) is 0.167. The Morgan fingerprint density at radius 3 is 2.63 bits per heavy atom. The number of aryl methyl sites for hydroxylation is 1. The van der Waals surface area contributed by atoms with Gasteiger partial charge >= 0.3 is 5.97 Å². The van der Waals surface area contributed by atoms with Gasteiger partial charge in [-0.1, -0.05) is 23.8 Å². The Balaban J connectivity index is 1.71. The van der Waals surface area contributed by atoms with E-state index in [1.807, 2.05) is 41.8 Å². The lowest BCUT2D eigenvalue weighted by Crippen LogP contribution is -2.14. The number of phenolic OH excluding ortho intramolecular Hbond substituents is 1. The summed E-state index contributed by atoms with van der Waals surface area (Å²) in [4.78, 5) is 17.0. The Kier molecular flexibility index (Phi) is 5.39. The lowest BCUT2D eigenvalue weighted by molar-refractivity contribution is 0.0588. The maximum Gasteiger partial charge on any atom is 0.354 e. The van der Waals surface area contributed by atoms with Gasteiger partial charge in [-0.15, -0.1) is 0 Å². The van der Waals surface area contributed by atoms with Gasteiger partial charge in [0, 0.05) is 17.1 Å². The summed E-state index contributed by atoms with van der Waals surface area (Å²) >= 11 is 0. The van der Waals surface area contributed by atoms with Crippen LogP contribution in [-0.4, -0.2) is 34.3 Å². The van der Waals surface area contributed by atoms with E-state index in [0.29, 0.717) is 24.6 Å². The molecular weight excluding hydrogens is 380 g/mol. The number of aromatic hydroxyl groups is 1. The predicted molar refractivity (Wildman–Crippen MR) is 115 cm³/mol. The summed E-state index contributed by atoms with van der Waals surface area (Å²) in [6.45, 7) is 2.84. The van der Waals surface area contributed by atoms with Crippen LogP contribution in [0.3, 0.4) is 0 Å². The van der Waals surface area contributed by atoms with Gasteiger partial charge in [0.2, 0.25) is 0 Å². The standard InChI is InChI=1S/C24H22N2O4/c1-16-4-3-5-17(14-16)23-20-15-22(24(28)29-2)26(21(20)10-11-25-23)12-13-30-19-8-6-18(27)7-9-19/h3-11,14-15,27H,12-13H2,1-2H3. The van der Waals surface area contributed by atoms with E-state index in [-0.39, 0.29) is 5.75 Å². The van der Waals surface area contributed by atoms with Crippen molar-refractivity contribution in [2.24, 2.45) is 0 Å². The molecule has 30 heavy (non-hydrogen) atoms. The molecular formula is C24H22N2O4. The molecule has 0 fully saturated rings. The molecule has 4 rings (SSSR count). The number of ether oxygens (including phenoxy) is 2. The summed E-state index contributed by atoms with van der Waals surface area (Å²) < 4.78 is 12.7. The number of esters is 1. The van der Waals surface area contributed by atoms with Crippen molar-refractivity contribution >= 4 is 16.9 Å². The monoisotopic (exact) mass is 402 g/mol. The van der Waals surface area contributed by atoms with Crippen molar-refractivity contribution in [3.8, 4) is 22.8 Å². The van der Waals surface area contributed by atoms with Crippen LogP contribution < -0.4 is 4.74 Å². The zero-order valence-corrected chi connectivity index (χ0v) is 16.8. The highest BCUT2D eigenvalue weighted by atomic mass is 16.5. The number of hydrogen-bond donors (Lipinski definition) is 1. The summed E-state index contributed by atoms with van der Waals surface area (Å²) in [6, 6.07) is 18.4. The molecule has 0 radical (unpaired) electrons. The van der Waals surface area contributed by atoms with Gasteiger partial charge in [0.15, 0.2) is 0 Å². The number of methoxy groups -OCH3 is 1. The maximum atomic E-state index is 12.4. The van der Waals surface area contributed by atoms with Gasteiger partial charge in [-0.05, 0) is 49.4 Å². The molecule has 2 aromatic heterocycles. The number of nitrogens with zero attached hydrogens (tertiary/aromatic N) is 2. The van der Waals surface area contributed by atoms with E-state index in [1.54, 1.807) is 30.5 Å². The van der Waals surface area contributed by atoms with E-state index < -0.39 is 5.97 Å². The number of phenols is 1. The van der Waals surface area contributed by atoms with E-state index in [9.17, 15) is 9.90 Å². The van der Waals surface area contributed by atoms with Gasteiger partial charge < -0.3 is 19.1 Å². The first-order valence-electron chi connectivity index (χ1n) is 9.62. The van der Waals surface area contributed by atoms with Crippen LogP contribution in [0.4, 0.5) is 0 Å².